The number of methoxy groups -OCH3 is 2. The number of benzene rings is 4. The summed E-state index contributed by atoms with van der Waals surface area (Å²) in [5.74, 6) is 14.5. The third kappa shape index (κ3) is 4.64. The maximum absolute atomic E-state index is 5.26. The van der Waals surface area contributed by atoms with Gasteiger partial charge in [-0.25, -0.2) is 0 Å². The Morgan fingerprint density at radius 3 is 1.33 bits per heavy atom. The van der Waals surface area contributed by atoms with Gasteiger partial charge in [-0.1, -0.05) is 47.9 Å². The molecule has 0 aliphatic carbocycles. The van der Waals surface area contributed by atoms with Crippen molar-refractivity contribution < 1.29 is 9.47 Å². The van der Waals surface area contributed by atoms with E-state index in [2.05, 4.69) is 47.9 Å². The summed E-state index contributed by atoms with van der Waals surface area (Å²) in [6, 6.07) is 28.0. The summed E-state index contributed by atoms with van der Waals surface area (Å²) < 4.78 is 10.5. The van der Waals surface area contributed by atoms with Gasteiger partial charge in [0.25, 0.3) is 0 Å². The summed E-state index contributed by atoms with van der Waals surface area (Å²) in [6.45, 7) is 0. The highest BCUT2D eigenvalue weighted by molar-refractivity contribution is 5.85. The van der Waals surface area contributed by atoms with Gasteiger partial charge in [0.05, 0.1) is 14.2 Å². The van der Waals surface area contributed by atoms with E-state index >= 15 is 0 Å². The van der Waals surface area contributed by atoms with Gasteiger partial charge in [-0.3, -0.25) is 0 Å². The van der Waals surface area contributed by atoms with Gasteiger partial charge in [0.15, 0.2) is 0 Å². The molecule has 0 unspecified atom stereocenters. The van der Waals surface area contributed by atoms with Gasteiger partial charge in [0, 0.05) is 22.3 Å². The summed E-state index contributed by atoms with van der Waals surface area (Å²) in [5, 5.41) is 2.28. The Morgan fingerprint density at radius 2 is 0.900 bits per heavy atom. The van der Waals surface area contributed by atoms with Crippen molar-refractivity contribution >= 4 is 10.8 Å². The van der Waals surface area contributed by atoms with Gasteiger partial charge in [0.2, 0.25) is 0 Å². The van der Waals surface area contributed by atoms with E-state index in [1.54, 1.807) is 14.2 Å². The minimum Gasteiger partial charge on any atom is -0.497 e. The Balaban J connectivity index is 1.62. The topological polar surface area (TPSA) is 18.5 Å². The summed E-state index contributed by atoms with van der Waals surface area (Å²) in [5.41, 5.74) is 3.77. The lowest BCUT2D eigenvalue weighted by Gasteiger charge is -2.01. The smallest absolute Gasteiger partial charge is 0.120 e. The van der Waals surface area contributed by atoms with Crippen molar-refractivity contribution in [3.05, 3.63) is 107 Å². The zero-order chi connectivity index (χ0) is 20.8. The molecule has 0 aliphatic heterocycles. The molecule has 0 bridgehead atoms. The number of hydrogen-bond donors (Lipinski definition) is 0. The average Bonchev–Trinajstić information content (AvgIpc) is 2.81. The summed E-state index contributed by atoms with van der Waals surface area (Å²) >= 11 is 0. The normalized spacial score (nSPS) is 9.80. The van der Waals surface area contributed by atoms with E-state index in [0.717, 1.165) is 44.5 Å². The Labute approximate surface area is 177 Å². The van der Waals surface area contributed by atoms with Crippen LogP contribution in [0, 0.1) is 23.7 Å². The molecule has 30 heavy (non-hydrogen) atoms. The summed E-state index contributed by atoms with van der Waals surface area (Å²) in [6.07, 6.45) is 0. The average molecular weight is 388 g/mol. The number of hydrogen-bond acceptors (Lipinski definition) is 2. The monoisotopic (exact) mass is 388 g/mol. The standard InChI is InChI=1S/C28H20O2/c1-29-27-7-3-5-21(19-27)9-11-23-13-15-25-16-14-24(18-26(25)17-23)12-10-22-6-4-8-28(20-22)30-2/h3-8,13-20H,1-2H3. The first-order chi connectivity index (χ1) is 14.7. The van der Waals surface area contributed by atoms with Gasteiger partial charge >= 0.3 is 0 Å². The number of ether oxygens (including phenoxy) is 2. The highest BCUT2D eigenvalue weighted by atomic mass is 16.5. The van der Waals surface area contributed by atoms with Crippen LogP contribution in [0.4, 0.5) is 0 Å². The highest BCUT2D eigenvalue weighted by Gasteiger charge is 1.98. The molecule has 0 amide bonds. The zero-order valence-corrected chi connectivity index (χ0v) is 16.9. The zero-order valence-electron chi connectivity index (χ0n) is 16.9. The fourth-order valence-electron chi connectivity index (χ4n) is 3.09. The molecular formula is C28H20O2. The minimum absolute atomic E-state index is 0.805. The van der Waals surface area contributed by atoms with Crippen LogP contribution in [0.2, 0.25) is 0 Å². The van der Waals surface area contributed by atoms with E-state index < -0.39 is 0 Å². The molecular weight excluding hydrogens is 368 g/mol. The Kier molecular flexibility index (Phi) is 5.70. The molecule has 0 saturated carbocycles. The van der Waals surface area contributed by atoms with Crippen LogP contribution < -0.4 is 9.47 Å². The molecule has 2 nitrogen and oxygen atoms in total. The van der Waals surface area contributed by atoms with E-state index in [1.807, 2.05) is 60.7 Å². The SMILES string of the molecule is COc1cccc(C#Cc2ccc3ccc(C#Cc4cccc(OC)c4)cc3c2)c1. The lowest BCUT2D eigenvalue weighted by atomic mass is 10.0. The molecule has 4 aromatic rings. The first kappa shape index (κ1) is 19.2. The van der Waals surface area contributed by atoms with Crippen molar-refractivity contribution in [1.29, 1.82) is 0 Å². The molecule has 4 aromatic carbocycles. The van der Waals surface area contributed by atoms with Crippen molar-refractivity contribution in [2.45, 2.75) is 0 Å². The molecule has 0 N–H and O–H groups in total. The largest absolute Gasteiger partial charge is 0.497 e. The Bertz CT molecular complexity index is 1230. The van der Waals surface area contributed by atoms with E-state index in [0.29, 0.717) is 0 Å². The number of fused-ring (bicyclic) bond motifs is 1. The molecule has 4 rings (SSSR count). The van der Waals surface area contributed by atoms with Crippen LogP contribution in [0.3, 0.4) is 0 Å². The third-order valence-corrected chi connectivity index (χ3v) is 4.68. The first-order valence-electron chi connectivity index (χ1n) is 9.59. The molecule has 0 saturated heterocycles. The van der Waals surface area contributed by atoms with E-state index in [4.69, 9.17) is 9.47 Å². The fourth-order valence-corrected chi connectivity index (χ4v) is 3.09. The second-order valence-corrected chi connectivity index (χ2v) is 6.74. The van der Waals surface area contributed by atoms with Crippen LogP contribution in [-0.2, 0) is 0 Å². The van der Waals surface area contributed by atoms with Crippen LogP contribution in [0.5, 0.6) is 11.5 Å². The molecule has 0 spiro atoms. The molecule has 0 fully saturated rings. The van der Waals surface area contributed by atoms with E-state index in [-0.39, 0.29) is 0 Å². The highest BCUT2D eigenvalue weighted by Crippen LogP contribution is 2.18. The summed E-state index contributed by atoms with van der Waals surface area (Å²) in [4.78, 5) is 0. The van der Waals surface area contributed by atoms with Crippen LogP contribution >= 0.6 is 0 Å². The van der Waals surface area contributed by atoms with Crippen LogP contribution in [0.25, 0.3) is 10.8 Å². The van der Waals surface area contributed by atoms with Gasteiger partial charge in [-0.2, -0.15) is 0 Å². The second kappa shape index (κ2) is 8.91. The molecule has 0 atom stereocenters. The lowest BCUT2D eigenvalue weighted by Crippen LogP contribution is -1.84. The third-order valence-electron chi connectivity index (χ3n) is 4.68. The Hall–Kier alpha value is -4.14. The predicted octanol–water partition coefficient (Wildman–Crippen LogP) is 5.66. The molecule has 0 aromatic heterocycles. The van der Waals surface area contributed by atoms with Gasteiger partial charge in [0.1, 0.15) is 11.5 Å². The van der Waals surface area contributed by atoms with Crippen molar-refractivity contribution in [3.63, 3.8) is 0 Å². The van der Waals surface area contributed by atoms with Crippen molar-refractivity contribution in [2.75, 3.05) is 14.2 Å². The van der Waals surface area contributed by atoms with Crippen LogP contribution in [-0.4, -0.2) is 14.2 Å². The molecule has 144 valence electrons. The van der Waals surface area contributed by atoms with Crippen molar-refractivity contribution in [3.8, 4) is 35.2 Å². The van der Waals surface area contributed by atoms with Gasteiger partial charge < -0.3 is 9.47 Å². The predicted molar refractivity (Wildman–Crippen MR) is 122 cm³/mol. The molecule has 0 radical (unpaired) electrons. The Morgan fingerprint density at radius 1 is 0.467 bits per heavy atom. The van der Waals surface area contributed by atoms with Crippen molar-refractivity contribution in [1.82, 2.24) is 0 Å². The van der Waals surface area contributed by atoms with E-state index in [9.17, 15) is 0 Å². The maximum Gasteiger partial charge on any atom is 0.120 e. The molecule has 0 heterocycles. The van der Waals surface area contributed by atoms with Gasteiger partial charge in [-0.15, -0.1) is 0 Å². The lowest BCUT2D eigenvalue weighted by molar-refractivity contribution is 0.414. The van der Waals surface area contributed by atoms with Crippen LogP contribution in [0.1, 0.15) is 22.3 Å². The minimum atomic E-state index is 0.805. The molecule has 2 heteroatoms. The summed E-state index contributed by atoms with van der Waals surface area (Å²) in [7, 11) is 3.31. The quantitative estimate of drug-likeness (QED) is 0.413. The van der Waals surface area contributed by atoms with Crippen molar-refractivity contribution in [2.24, 2.45) is 0 Å². The number of rotatable bonds is 2. The molecule has 0 aliphatic rings. The second-order valence-electron chi connectivity index (χ2n) is 6.74. The van der Waals surface area contributed by atoms with Gasteiger partial charge in [-0.05, 0) is 71.4 Å². The first-order valence-corrected chi connectivity index (χ1v) is 9.59. The van der Waals surface area contributed by atoms with Crippen LogP contribution in [0.15, 0.2) is 84.9 Å². The maximum atomic E-state index is 5.26. The fraction of sp³-hybridized carbons (Fsp3) is 0.0714. The van der Waals surface area contributed by atoms with E-state index in [1.165, 1.54) is 0 Å².